The van der Waals surface area contributed by atoms with Crippen LogP contribution in [0.2, 0.25) is 0 Å². The van der Waals surface area contributed by atoms with Crippen molar-refractivity contribution in [2.45, 2.75) is 26.2 Å². The van der Waals surface area contributed by atoms with Crippen molar-refractivity contribution in [3.8, 4) is 5.75 Å². The normalized spacial score (nSPS) is 11.1. The number of ether oxygens (including phenoxy) is 1. The molecule has 2 aromatic rings. The number of aliphatic carboxylic acids is 1. The zero-order valence-corrected chi connectivity index (χ0v) is 13.5. The van der Waals surface area contributed by atoms with E-state index in [1.165, 1.54) is 5.56 Å². The summed E-state index contributed by atoms with van der Waals surface area (Å²) >= 11 is 0. The summed E-state index contributed by atoms with van der Waals surface area (Å²) in [5, 5.41) is 9.67. The number of carbonyl (C=O) groups is 2. The fourth-order valence-corrected chi connectivity index (χ4v) is 2.30. The Morgan fingerprint density at radius 3 is 2.78 bits per heavy atom. The van der Waals surface area contributed by atoms with Gasteiger partial charge in [-0.2, -0.15) is 0 Å². The summed E-state index contributed by atoms with van der Waals surface area (Å²) < 4.78 is 5.17. The van der Waals surface area contributed by atoms with Gasteiger partial charge < -0.3 is 19.7 Å². The standard InChI is InChI=1S/C17H22N2O4/c1-3-19(2)9-8-12-11-18-15-10-13(4-5-14(12)15)23-17(22)7-6-16(20)21/h4-5,10-11,18H,3,6-9H2,1-2H3,(H,20,21). The number of aromatic amines is 1. The molecular weight excluding hydrogens is 296 g/mol. The second-order valence-corrected chi connectivity index (χ2v) is 5.54. The Hall–Kier alpha value is -2.34. The predicted molar refractivity (Wildman–Crippen MR) is 87.7 cm³/mol. The number of nitrogens with zero attached hydrogens (tertiary/aromatic N) is 1. The Kier molecular flexibility index (Phi) is 5.76. The second kappa shape index (κ2) is 7.78. The van der Waals surface area contributed by atoms with Gasteiger partial charge in [0.15, 0.2) is 0 Å². The lowest BCUT2D eigenvalue weighted by Gasteiger charge is -2.12. The summed E-state index contributed by atoms with van der Waals surface area (Å²) in [7, 11) is 2.09. The van der Waals surface area contributed by atoms with Crippen molar-refractivity contribution in [1.29, 1.82) is 0 Å². The number of likely N-dealkylation sites (N-methyl/N-ethyl adjacent to an activating group) is 1. The van der Waals surface area contributed by atoms with E-state index >= 15 is 0 Å². The maximum atomic E-state index is 11.6. The molecule has 1 heterocycles. The summed E-state index contributed by atoms with van der Waals surface area (Å²) in [5.74, 6) is -1.13. The first kappa shape index (κ1) is 17.0. The van der Waals surface area contributed by atoms with Gasteiger partial charge >= 0.3 is 11.9 Å². The van der Waals surface area contributed by atoms with Gasteiger partial charge in [-0.1, -0.05) is 6.92 Å². The van der Waals surface area contributed by atoms with Crippen molar-refractivity contribution in [3.63, 3.8) is 0 Å². The number of carboxylic acid groups (broad SMARTS) is 1. The van der Waals surface area contributed by atoms with E-state index in [0.717, 1.165) is 30.4 Å². The monoisotopic (exact) mass is 318 g/mol. The Labute approximate surface area is 135 Å². The van der Waals surface area contributed by atoms with Crippen LogP contribution in [0.25, 0.3) is 10.9 Å². The molecule has 0 saturated carbocycles. The highest BCUT2D eigenvalue weighted by atomic mass is 16.5. The maximum absolute atomic E-state index is 11.6. The van der Waals surface area contributed by atoms with Crippen molar-refractivity contribution in [2.24, 2.45) is 0 Å². The van der Waals surface area contributed by atoms with E-state index in [1.807, 2.05) is 12.3 Å². The lowest BCUT2D eigenvalue weighted by molar-refractivity contribution is -0.142. The number of aromatic nitrogens is 1. The average molecular weight is 318 g/mol. The van der Waals surface area contributed by atoms with E-state index in [9.17, 15) is 9.59 Å². The van der Waals surface area contributed by atoms with Gasteiger partial charge in [0.05, 0.1) is 12.8 Å². The molecule has 0 aliphatic carbocycles. The minimum Gasteiger partial charge on any atom is -0.481 e. The van der Waals surface area contributed by atoms with E-state index in [-0.39, 0.29) is 12.8 Å². The number of nitrogens with one attached hydrogen (secondary N) is 1. The molecule has 0 spiro atoms. The first-order valence-corrected chi connectivity index (χ1v) is 7.70. The molecule has 0 bridgehead atoms. The lowest BCUT2D eigenvalue weighted by Crippen LogP contribution is -2.20. The van der Waals surface area contributed by atoms with Crippen LogP contribution in [-0.4, -0.2) is 47.1 Å². The van der Waals surface area contributed by atoms with E-state index in [1.54, 1.807) is 12.1 Å². The number of carboxylic acids is 1. The van der Waals surface area contributed by atoms with Crippen molar-refractivity contribution in [3.05, 3.63) is 30.0 Å². The van der Waals surface area contributed by atoms with Gasteiger partial charge in [-0.05, 0) is 37.7 Å². The van der Waals surface area contributed by atoms with Gasteiger partial charge in [0, 0.05) is 29.7 Å². The van der Waals surface area contributed by atoms with Crippen LogP contribution in [0, 0.1) is 0 Å². The highest BCUT2D eigenvalue weighted by Gasteiger charge is 2.10. The van der Waals surface area contributed by atoms with Crippen LogP contribution >= 0.6 is 0 Å². The fraction of sp³-hybridized carbons (Fsp3) is 0.412. The molecule has 0 unspecified atom stereocenters. The van der Waals surface area contributed by atoms with E-state index < -0.39 is 11.9 Å². The molecule has 23 heavy (non-hydrogen) atoms. The van der Waals surface area contributed by atoms with E-state index in [4.69, 9.17) is 9.84 Å². The Balaban J connectivity index is 2.02. The molecule has 0 fully saturated rings. The second-order valence-electron chi connectivity index (χ2n) is 5.54. The molecule has 0 amide bonds. The summed E-state index contributed by atoms with van der Waals surface area (Å²) in [6.45, 7) is 4.12. The zero-order valence-electron chi connectivity index (χ0n) is 13.5. The SMILES string of the molecule is CCN(C)CCc1c[nH]c2cc(OC(=O)CCC(=O)O)ccc12. The molecule has 0 saturated heterocycles. The largest absolute Gasteiger partial charge is 0.481 e. The van der Waals surface area contributed by atoms with Gasteiger partial charge in [-0.25, -0.2) is 0 Å². The van der Waals surface area contributed by atoms with Crippen LogP contribution in [0.3, 0.4) is 0 Å². The number of hydrogen-bond donors (Lipinski definition) is 2. The van der Waals surface area contributed by atoms with Crippen LogP contribution in [0.4, 0.5) is 0 Å². The third-order valence-corrected chi connectivity index (χ3v) is 3.82. The van der Waals surface area contributed by atoms with Crippen LogP contribution < -0.4 is 4.74 Å². The number of H-pyrrole nitrogens is 1. The van der Waals surface area contributed by atoms with Gasteiger partial charge in [-0.15, -0.1) is 0 Å². The molecular formula is C17H22N2O4. The molecule has 0 aliphatic rings. The van der Waals surface area contributed by atoms with Crippen molar-refractivity contribution in [1.82, 2.24) is 9.88 Å². The van der Waals surface area contributed by atoms with E-state index in [0.29, 0.717) is 5.75 Å². The number of rotatable bonds is 8. The highest BCUT2D eigenvalue weighted by molar-refractivity contribution is 5.85. The molecule has 6 heteroatoms. The van der Waals surface area contributed by atoms with Crippen LogP contribution in [0.1, 0.15) is 25.3 Å². The van der Waals surface area contributed by atoms with Crippen LogP contribution in [-0.2, 0) is 16.0 Å². The summed E-state index contributed by atoms with van der Waals surface area (Å²) in [6, 6.07) is 5.43. The summed E-state index contributed by atoms with van der Waals surface area (Å²) in [4.78, 5) is 27.5. The maximum Gasteiger partial charge on any atom is 0.311 e. The third kappa shape index (κ3) is 4.82. The van der Waals surface area contributed by atoms with E-state index in [2.05, 4.69) is 23.9 Å². The minimum absolute atomic E-state index is 0.132. The van der Waals surface area contributed by atoms with Crippen molar-refractivity contribution < 1.29 is 19.4 Å². The van der Waals surface area contributed by atoms with Crippen LogP contribution in [0.15, 0.2) is 24.4 Å². The topological polar surface area (TPSA) is 82.6 Å². The summed E-state index contributed by atoms with van der Waals surface area (Å²) in [5.41, 5.74) is 2.13. The Morgan fingerprint density at radius 1 is 1.30 bits per heavy atom. The predicted octanol–water partition coefficient (Wildman–Crippen LogP) is 2.43. The number of esters is 1. The molecule has 2 N–H and O–H groups in total. The average Bonchev–Trinajstić information content (AvgIpc) is 2.93. The molecule has 124 valence electrons. The fourth-order valence-electron chi connectivity index (χ4n) is 2.30. The Bertz CT molecular complexity index is 693. The van der Waals surface area contributed by atoms with Gasteiger partial charge in [0.1, 0.15) is 5.75 Å². The molecule has 6 nitrogen and oxygen atoms in total. The molecule has 1 aromatic carbocycles. The number of hydrogen-bond acceptors (Lipinski definition) is 4. The van der Waals surface area contributed by atoms with Crippen molar-refractivity contribution in [2.75, 3.05) is 20.1 Å². The third-order valence-electron chi connectivity index (χ3n) is 3.82. The molecule has 0 atom stereocenters. The summed E-state index contributed by atoms with van der Waals surface area (Å²) in [6.07, 6.45) is 2.57. The van der Waals surface area contributed by atoms with Crippen molar-refractivity contribution >= 4 is 22.8 Å². The molecule has 1 aromatic heterocycles. The smallest absolute Gasteiger partial charge is 0.311 e. The highest BCUT2D eigenvalue weighted by Crippen LogP contribution is 2.24. The first-order valence-electron chi connectivity index (χ1n) is 7.70. The molecule has 0 radical (unpaired) electrons. The zero-order chi connectivity index (χ0) is 16.8. The number of fused-ring (bicyclic) bond motifs is 1. The van der Waals surface area contributed by atoms with Gasteiger partial charge in [-0.3, -0.25) is 9.59 Å². The van der Waals surface area contributed by atoms with Gasteiger partial charge in [0.25, 0.3) is 0 Å². The quantitative estimate of drug-likeness (QED) is 0.577. The van der Waals surface area contributed by atoms with Crippen LogP contribution in [0.5, 0.6) is 5.75 Å². The first-order chi connectivity index (χ1) is 11.0. The number of benzene rings is 1. The lowest BCUT2D eigenvalue weighted by atomic mass is 10.1. The Morgan fingerprint density at radius 2 is 2.09 bits per heavy atom. The molecule has 0 aliphatic heterocycles. The van der Waals surface area contributed by atoms with Gasteiger partial charge in [0.2, 0.25) is 0 Å². The minimum atomic E-state index is -1.01. The molecule has 2 rings (SSSR count). The number of carbonyl (C=O) groups excluding carboxylic acids is 1.